The topological polar surface area (TPSA) is 35.2 Å². The van der Waals surface area contributed by atoms with Gasteiger partial charge in [0.05, 0.1) is 7.11 Å². The fraction of sp³-hybridized carbons (Fsp3) is 0.625. The van der Waals surface area contributed by atoms with Gasteiger partial charge in [-0.2, -0.15) is 0 Å². The Kier molecular flexibility index (Phi) is 5.59. The van der Waals surface area contributed by atoms with Gasteiger partial charge in [-0.15, -0.1) is 11.8 Å². The average molecular weight is 279 g/mol. The van der Waals surface area contributed by atoms with Gasteiger partial charge in [-0.3, -0.25) is 0 Å². The Morgan fingerprint density at radius 3 is 2.63 bits per heavy atom. The lowest BCUT2D eigenvalue weighted by atomic mass is 9.91. The molecule has 2 N–H and O–H groups in total. The van der Waals surface area contributed by atoms with E-state index < -0.39 is 0 Å². The van der Waals surface area contributed by atoms with Crippen LogP contribution in [-0.4, -0.2) is 18.9 Å². The molecule has 0 amide bonds. The van der Waals surface area contributed by atoms with Gasteiger partial charge in [0.15, 0.2) is 0 Å². The lowest BCUT2D eigenvalue weighted by Crippen LogP contribution is -2.19. The molecule has 1 aromatic carbocycles. The minimum Gasteiger partial charge on any atom is -0.497 e. The van der Waals surface area contributed by atoms with E-state index in [0.717, 1.165) is 16.9 Å². The van der Waals surface area contributed by atoms with Crippen molar-refractivity contribution in [2.75, 3.05) is 13.7 Å². The molecule has 1 aromatic rings. The number of nitrogens with two attached hydrogens (primary N) is 1. The van der Waals surface area contributed by atoms with E-state index in [1.807, 2.05) is 12.1 Å². The van der Waals surface area contributed by atoms with Crippen molar-refractivity contribution in [3.05, 3.63) is 29.8 Å². The Morgan fingerprint density at radius 1 is 1.32 bits per heavy atom. The van der Waals surface area contributed by atoms with Crippen LogP contribution in [0.5, 0.6) is 5.75 Å². The first-order valence-electron chi connectivity index (χ1n) is 7.22. The van der Waals surface area contributed by atoms with Crippen LogP contribution in [0, 0.1) is 5.92 Å². The maximum Gasteiger partial charge on any atom is 0.118 e. The first-order chi connectivity index (χ1) is 9.22. The summed E-state index contributed by atoms with van der Waals surface area (Å²) in [6, 6.07) is 8.36. The highest BCUT2D eigenvalue weighted by atomic mass is 32.2. The Hall–Kier alpha value is -0.670. The SMILES string of the molecule is COc1ccc(C(CN)SC2CCCC(C)C2)cc1. The molecular formula is C16H25NOS. The standard InChI is InChI=1S/C16H25NOS/c1-12-4-3-5-15(10-12)19-16(11-17)13-6-8-14(18-2)9-7-13/h6-9,12,15-16H,3-5,10-11,17H2,1-2H3. The van der Waals surface area contributed by atoms with Crippen LogP contribution in [0.3, 0.4) is 0 Å². The third kappa shape index (κ3) is 4.15. The van der Waals surface area contributed by atoms with Gasteiger partial charge in [0, 0.05) is 17.0 Å². The maximum atomic E-state index is 5.98. The number of methoxy groups -OCH3 is 1. The van der Waals surface area contributed by atoms with Crippen LogP contribution < -0.4 is 10.5 Å². The van der Waals surface area contributed by atoms with Crippen molar-refractivity contribution in [3.63, 3.8) is 0 Å². The second kappa shape index (κ2) is 7.20. The molecule has 3 heteroatoms. The summed E-state index contributed by atoms with van der Waals surface area (Å²) in [5.41, 5.74) is 7.30. The normalized spacial score (nSPS) is 25.0. The zero-order chi connectivity index (χ0) is 13.7. The number of rotatable bonds is 5. The van der Waals surface area contributed by atoms with Crippen LogP contribution in [0.25, 0.3) is 0 Å². The molecule has 1 aliphatic carbocycles. The number of hydrogen-bond acceptors (Lipinski definition) is 3. The fourth-order valence-corrected chi connectivity index (χ4v) is 4.46. The van der Waals surface area contributed by atoms with E-state index in [0.29, 0.717) is 11.8 Å². The van der Waals surface area contributed by atoms with E-state index in [9.17, 15) is 0 Å². The van der Waals surface area contributed by atoms with Crippen molar-refractivity contribution in [3.8, 4) is 5.75 Å². The van der Waals surface area contributed by atoms with Crippen molar-refractivity contribution in [1.29, 1.82) is 0 Å². The monoisotopic (exact) mass is 279 g/mol. The Morgan fingerprint density at radius 2 is 2.05 bits per heavy atom. The third-order valence-electron chi connectivity index (χ3n) is 3.95. The average Bonchev–Trinajstić information content (AvgIpc) is 2.45. The van der Waals surface area contributed by atoms with Crippen molar-refractivity contribution < 1.29 is 4.74 Å². The van der Waals surface area contributed by atoms with E-state index in [-0.39, 0.29) is 0 Å². The molecule has 1 aliphatic rings. The van der Waals surface area contributed by atoms with Gasteiger partial charge in [-0.25, -0.2) is 0 Å². The molecule has 19 heavy (non-hydrogen) atoms. The highest BCUT2D eigenvalue weighted by Gasteiger charge is 2.23. The molecule has 0 saturated heterocycles. The minimum absolute atomic E-state index is 0.418. The van der Waals surface area contributed by atoms with Crippen LogP contribution in [-0.2, 0) is 0 Å². The third-order valence-corrected chi connectivity index (χ3v) is 5.55. The predicted molar refractivity (Wildman–Crippen MR) is 83.8 cm³/mol. The zero-order valence-electron chi connectivity index (χ0n) is 12.0. The summed E-state index contributed by atoms with van der Waals surface area (Å²) in [5.74, 6) is 1.79. The molecule has 2 rings (SSSR count). The van der Waals surface area contributed by atoms with Crippen LogP contribution in [0.1, 0.15) is 43.4 Å². The Balaban J connectivity index is 1.98. The summed E-state index contributed by atoms with van der Waals surface area (Å²) in [5, 5.41) is 1.20. The largest absolute Gasteiger partial charge is 0.497 e. The minimum atomic E-state index is 0.418. The quantitative estimate of drug-likeness (QED) is 0.884. The number of thioether (sulfide) groups is 1. The van der Waals surface area contributed by atoms with Crippen molar-refractivity contribution in [2.45, 2.75) is 43.1 Å². The van der Waals surface area contributed by atoms with Gasteiger partial charge in [0.25, 0.3) is 0 Å². The first-order valence-corrected chi connectivity index (χ1v) is 8.16. The molecule has 0 heterocycles. The van der Waals surface area contributed by atoms with Gasteiger partial charge in [-0.1, -0.05) is 31.9 Å². The summed E-state index contributed by atoms with van der Waals surface area (Å²) in [6.45, 7) is 3.08. The molecule has 0 radical (unpaired) electrons. The second-order valence-corrected chi connectivity index (χ2v) is 7.04. The summed E-state index contributed by atoms with van der Waals surface area (Å²) in [4.78, 5) is 0. The van der Waals surface area contributed by atoms with Crippen LogP contribution in [0.2, 0.25) is 0 Å². The summed E-state index contributed by atoms with van der Waals surface area (Å²) >= 11 is 2.07. The fourth-order valence-electron chi connectivity index (χ4n) is 2.82. The lowest BCUT2D eigenvalue weighted by molar-refractivity contribution is 0.393. The Labute approximate surface area is 121 Å². The Bertz CT molecular complexity index is 379. The molecule has 2 nitrogen and oxygen atoms in total. The smallest absolute Gasteiger partial charge is 0.118 e. The lowest BCUT2D eigenvalue weighted by Gasteiger charge is -2.29. The van der Waals surface area contributed by atoms with Crippen LogP contribution >= 0.6 is 11.8 Å². The first kappa shape index (κ1) is 14.7. The van der Waals surface area contributed by atoms with Crippen LogP contribution in [0.4, 0.5) is 0 Å². The van der Waals surface area contributed by atoms with Gasteiger partial charge in [-0.05, 0) is 36.5 Å². The number of ether oxygens (including phenoxy) is 1. The highest BCUT2D eigenvalue weighted by Crippen LogP contribution is 2.39. The summed E-state index contributed by atoms with van der Waals surface area (Å²) < 4.78 is 5.21. The second-order valence-electron chi connectivity index (χ2n) is 5.53. The maximum absolute atomic E-state index is 5.98. The molecule has 0 spiro atoms. The molecule has 0 bridgehead atoms. The summed E-state index contributed by atoms with van der Waals surface area (Å²) in [7, 11) is 1.70. The molecule has 1 saturated carbocycles. The molecule has 106 valence electrons. The predicted octanol–water partition coefficient (Wildman–Crippen LogP) is 4.01. The van der Waals surface area contributed by atoms with E-state index >= 15 is 0 Å². The van der Waals surface area contributed by atoms with E-state index in [1.165, 1.54) is 31.2 Å². The summed E-state index contributed by atoms with van der Waals surface area (Å²) in [6.07, 6.45) is 5.46. The molecule has 0 aliphatic heterocycles. The van der Waals surface area contributed by atoms with Gasteiger partial charge in [0.1, 0.15) is 5.75 Å². The molecule has 3 unspecified atom stereocenters. The van der Waals surface area contributed by atoms with Crippen molar-refractivity contribution in [1.82, 2.24) is 0 Å². The van der Waals surface area contributed by atoms with Crippen LogP contribution in [0.15, 0.2) is 24.3 Å². The van der Waals surface area contributed by atoms with Gasteiger partial charge < -0.3 is 10.5 Å². The zero-order valence-corrected chi connectivity index (χ0v) is 12.8. The molecule has 0 aromatic heterocycles. The van der Waals surface area contributed by atoms with Gasteiger partial charge >= 0.3 is 0 Å². The van der Waals surface area contributed by atoms with E-state index in [2.05, 4.69) is 30.8 Å². The number of benzene rings is 1. The highest BCUT2D eigenvalue weighted by molar-refractivity contribution is 8.00. The molecular weight excluding hydrogens is 254 g/mol. The van der Waals surface area contributed by atoms with Crippen molar-refractivity contribution in [2.24, 2.45) is 11.7 Å². The molecule has 3 atom stereocenters. The van der Waals surface area contributed by atoms with Gasteiger partial charge in [0.2, 0.25) is 0 Å². The number of hydrogen-bond donors (Lipinski definition) is 1. The van der Waals surface area contributed by atoms with E-state index in [4.69, 9.17) is 10.5 Å². The van der Waals surface area contributed by atoms with Crippen molar-refractivity contribution >= 4 is 11.8 Å². The van der Waals surface area contributed by atoms with E-state index in [1.54, 1.807) is 7.11 Å². The molecule has 1 fully saturated rings.